The van der Waals surface area contributed by atoms with E-state index in [2.05, 4.69) is 0 Å². The van der Waals surface area contributed by atoms with Crippen LogP contribution in [0.15, 0.2) is 12.1 Å². The molecule has 1 aliphatic heterocycles. The molecule has 0 radical (unpaired) electrons. The lowest BCUT2D eigenvalue weighted by Crippen LogP contribution is -2.18. The fraction of sp³-hybridized carbons (Fsp3) is 0.417. The zero-order valence-corrected chi connectivity index (χ0v) is 9.47. The number of aromatic hydroxyl groups is 1. The van der Waals surface area contributed by atoms with E-state index in [0.29, 0.717) is 30.3 Å². The Bertz CT molecular complexity index is 441. The fourth-order valence-corrected chi connectivity index (χ4v) is 1.75. The van der Waals surface area contributed by atoms with E-state index < -0.39 is 11.9 Å². The van der Waals surface area contributed by atoms with Crippen LogP contribution in [0.25, 0.3) is 0 Å². The molecular weight excluding hydrogens is 224 g/mol. The van der Waals surface area contributed by atoms with Crippen molar-refractivity contribution in [2.75, 3.05) is 13.2 Å². The van der Waals surface area contributed by atoms with Gasteiger partial charge in [-0.05, 0) is 18.6 Å². The Morgan fingerprint density at radius 3 is 2.82 bits per heavy atom. The fourth-order valence-electron chi connectivity index (χ4n) is 1.75. The van der Waals surface area contributed by atoms with Crippen molar-refractivity contribution in [3.8, 4) is 17.2 Å². The van der Waals surface area contributed by atoms with E-state index in [0.717, 1.165) is 0 Å². The molecule has 2 N–H and O–H groups in total. The van der Waals surface area contributed by atoms with Crippen LogP contribution in [0.3, 0.4) is 0 Å². The summed E-state index contributed by atoms with van der Waals surface area (Å²) in [5, 5.41) is 18.7. The van der Waals surface area contributed by atoms with Crippen molar-refractivity contribution in [2.45, 2.75) is 13.3 Å². The van der Waals surface area contributed by atoms with Crippen LogP contribution in [0.2, 0.25) is 0 Å². The minimum atomic E-state index is -0.904. The molecule has 1 aliphatic rings. The first kappa shape index (κ1) is 11.6. The predicted octanol–water partition coefficient (Wildman–Crippen LogP) is 1.43. The maximum atomic E-state index is 10.8. The summed E-state index contributed by atoms with van der Waals surface area (Å²) in [7, 11) is 0. The molecule has 0 saturated carbocycles. The minimum absolute atomic E-state index is 0.0438. The van der Waals surface area contributed by atoms with Crippen LogP contribution in [0.1, 0.15) is 12.5 Å². The zero-order chi connectivity index (χ0) is 12.4. The van der Waals surface area contributed by atoms with Crippen LogP contribution < -0.4 is 9.47 Å². The van der Waals surface area contributed by atoms with E-state index in [-0.39, 0.29) is 12.2 Å². The number of phenolic OH excluding ortho intramolecular Hbond substituents is 1. The third-order valence-corrected chi connectivity index (χ3v) is 2.72. The minimum Gasteiger partial charge on any atom is -0.508 e. The Labute approximate surface area is 98.6 Å². The number of hydrogen-bond acceptors (Lipinski definition) is 4. The first-order chi connectivity index (χ1) is 8.09. The summed E-state index contributed by atoms with van der Waals surface area (Å²) < 4.78 is 10.8. The van der Waals surface area contributed by atoms with Gasteiger partial charge in [-0.25, -0.2) is 0 Å². The first-order valence-electron chi connectivity index (χ1n) is 5.43. The molecule has 1 atom stereocenters. The second-order valence-corrected chi connectivity index (χ2v) is 4.03. The summed E-state index contributed by atoms with van der Waals surface area (Å²) in [6, 6.07) is 3.12. The number of benzene rings is 1. The van der Waals surface area contributed by atoms with Crippen molar-refractivity contribution in [2.24, 2.45) is 5.92 Å². The Balaban J connectivity index is 2.34. The Morgan fingerprint density at radius 2 is 2.12 bits per heavy atom. The van der Waals surface area contributed by atoms with Crippen molar-refractivity contribution in [3.05, 3.63) is 17.7 Å². The summed E-state index contributed by atoms with van der Waals surface area (Å²) in [6.07, 6.45) is 0.216. The number of carbonyl (C=O) groups is 1. The molecule has 1 aromatic carbocycles. The number of fused-ring (bicyclic) bond motifs is 1. The number of ether oxygens (including phenoxy) is 2. The lowest BCUT2D eigenvalue weighted by molar-refractivity contribution is -0.141. The lowest BCUT2D eigenvalue weighted by atomic mass is 9.99. The summed E-state index contributed by atoms with van der Waals surface area (Å²) in [5.41, 5.74) is 0.497. The van der Waals surface area contributed by atoms with Gasteiger partial charge in [-0.1, -0.05) is 6.92 Å². The van der Waals surface area contributed by atoms with Gasteiger partial charge in [-0.2, -0.15) is 0 Å². The standard InChI is InChI=1S/C12H14O5/c1-7(12(14)15)6-8-9(13)2-3-10-11(8)17-5-4-16-10/h2-3,7,13H,4-6H2,1H3,(H,14,15). The lowest BCUT2D eigenvalue weighted by Gasteiger charge is -2.22. The highest BCUT2D eigenvalue weighted by Gasteiger charge is 2.22. The van der Waals surface area contributed by atoms with Crippen LogP contribution >= 0.6 is 0 Å². The van der Waals surface area contributed by atoms with Crippen LogP contribution in [0.5, 0.6) is 17.2 Å². The van der Waals surface area contributed by atoms with Crippen molar-refractivity contribution in [1.82, 2.24) is 0 Å². The second-order valence-electron chi connectivity index (χ2n) is 4.03. The average Bonchev–Trinajstić information content (AvgIpc) is 2.32. The summed E-state index contributed by atoms with van der Waals surface area (Å²) in [5.74, 6) is -0.426. The van der Waals surface area contributed by atoms with Gasteiger partial charge in [0.05, 0.1) is 5.92 Å². The molecule has 1 heterocycles. The molecule has 17 heavy (non-hydrogen) atoms. The van der Waals surface area contributed by atoms with Crippen molar-refractivity contribution >= 4 is 5.97 Å². The molecule has 0 aromatic heterocycles. The van der Waals surface area contributed by atoms with Crippen molar-refractivity contribution in [3.63, 3.8) is 0 Å². The molecule has 0 fully saturated rings. The van der Waals surface area contributed by atoms with Gasteiger partial charge in [0.15, 0.2) is 11.5 Å². The van der Waals surface area contributed by atoms with Gasteiger partial charge in [-0.15, -0.1) is 0 Å². The monoisotopic (exact) mass is 238 g/mol. The molecule has 1 aromatic rings. The van der Waals surface area contributed by atoms with Crippen LogP contribution in [0, 0.1) is 5.92 Å². The molecule has 2 rings (SSSR count). The average molecular weight is 238 g/mol. The highest BCUT2D eigenvalue weighted by molar-refractivity contribution is 5.70. The van der Waals surface area contributed by atoms with Gasteiger partial charge in [0.2, 0.25) is 0 Å². The molecule has 0 bridgehead atoms. The van der Waals surface area contributed by atoms with E-state index in [4.69, 9.17) is 14.6 Å². The molecule has 0 saturated heterocycles. The van der Waals surface area contributed by atoms with Gasteiger partial charge in [0.1, 0.15) is 19.0 Å². The van der Waals surface area contributed by atoms with Gasteiger partial charge < -0.3 is 19.7 Å². The molecule has 5 nitrogen and oxygen atoms in total. The maximum absolute atomic E-state index is 10.8. The van der Waals surface area contributed by atoms with E-state index >= 15 is 0 Å². The van der Waals surface area contributed by atoms with Crippen molar-refractivity contribution in [1.29, 1.82) is 0 Å². The number of rotatable bonds is 3. The predicted molar refractivity (Wildman–Crippen MR) is 59.6 cm³/mol. The maximum Gasteiger partial charge on any atom is 0.306 e. The molecule has 5 heteroatoms. The Kier molecular flexibility index (Phi) is 3.08. The molecule has 0 amide bonds. The second kappa shape index (κ2) is 4.53. The van der Waals surface area contributed by atoms with Gasteiger partial charge >= 0.3 is 5.97 Å². The van der Waals surface area contributed by atoms with E-state index in [1.165, 1.54) is 6.07 Å². The number of carboxylic acid groups (broad SMARTS) is 1. The number of phenols is 1. The van der Waals surface area contributed by atoms with Gasteiger partial charge in [-0.3, -0.25) is 4.79 Å². The largest absolute Gasteiger partial charge is 0.508 e. The molecule has 92 valence electrons. The summed E-state index contributed by atoms with van der Waals surface area (Å²) in [4.78, 5) is 10.8. The first-order valence-corrected chi connectivity index (χ1v) is 5.43. The zero-order valence-electron chi connectivity index (χ0n) is 9.47. The Morgan fingerprint density at radius 1 is 1.41 bits per heavy atom. The Hall–Kier alpha value is -1.91. The quantitative estimate of drug-likeness (QED) is 0.833. The molecule has 1 unspecified atom stereocenters. The highest BCUT2D eigenvalue weighted by Crippen LogP contribution is 2.40. The van der Waals surface area contributed by atoms with Gasteiger partial charge in [0.25, 0.3) is 0 Å². The van der Waals surface area contributed by atoms with E-state index in [1.807, 2.05) is 0 Å². The van der Waals surface area contributed by atoms with E-state index in [1.54, 1.807) is 13.0 Å². The SMILES string of the molecule is CC(Cc1c(O)ccc2c1OCCO2)C(=O)O. The third kappa shape index (κ3) is 2.27. The highest BCUT2D eigenvalue weighted by atomic mass is 16.6. The molecule has 0 aliphatic carbocycles. The smallest absolute Gasteiger partial charge is 0.306 e. The van der Waals surface area contributed by atoms with Gasteiger partial charge in [0, 0.05) is 5.56 Å². The molecular formula is C12H14O5. The number of carboxylic acids is 1. The van der Waals surface area contributed by atoms with Crippen LogP contribution in [0.4, 0.5) is 0 Å². The summed E-state index contributed by atoms with van der Waals surface area (Å²) in [6.45, 7) is 2.46. The topological polar surface area (TPSA) is 76.0 Å². The molecule has 0 spiro atoms. The van der Waals surface area contributed by atoms with Crippen molar-refractivity contribution < 1.29 is 24.5 Å². The van der Waals surface area contributed by atoms with Crippen LogP contribution in [-0.4, -0.2) is 29.4 Å². The van der Waals surface area contributed by atoms with Crippen LogP contribution in [-0.2, 0) is 11.2 Å². The normalized spacial score (nSPS) is 15.4. The van der Waals surface area contributed by atoms with E-state index in [9.17, 15) is 9.90 Å². The third-order valence-electron chi connectivity index (χ3n) is 2.72. The number of hydrogen-bond donors (Lipinski definition) is 2. The summed E-state index contributed by atoms with van der Waals surface area (Å²) >= 11 is 0. The number of aliphatic carboxylic acids is 1.